The van der Waals surface area contributed by atoms with Gasteiger partial charge in [0, 0.05) is 33.8 Å². The zero-order valence-electron chi connectivity index (χ0n) is 13.8. The third-order valence-electron chi connectivity index (χ3n) is 3.25. The zero-order chi connectivity index (χ0) is 17.0. The molecule has 0 fully saturated rings. The van der Waals surface area contributed by atoms with Crippen LogP contribution in [0.2, 0.25) is 0 Å². The van der Waals surface area contributed by atoms with Gasteiger partial charge in [-0.2, -0.15) is 12.8 Å². The van der Waals surface area contributed by atoms with Crippen molar-refractivity contribution in [2.75, 3.05) is 28.2 Å². The first-order valence-electron chi connectivity index (χ1n) is 7.17. The molecule has 0 bridgehead atoms. The summed E-state index contributed by atoms with van der Waals surface area (Å²) in [6.07, 6.45) is 7.24. The van der Waals surface area contributed by atoms with Gasteiger partial charge in [0.1, 0.15) is 5.82 Å². The number of allylic oxidation sites excluding steroid dienone is 5. The molecule has 1 aromatic carbocycles. The van der Waals surface area contributed by atoms with Crippen LogP contribution in [-0.2, 0) is 10.0 Å². The van der Waals surface area contributed by atoms with E-state index in [0.29, 0.717) is 5.71 Å². The number of nitrogens with zero attached hydrogens (tertiary/aromatic N) is 3. The smallest absolute Gasteiger partial charge is 0.282 e. The molecule has 6 heteroatoms. The molecule has 0 saturated heterocycles. The van der Waals surface area contributed by atoms with Crippen LogP contribution in [0.1, 0.15) is 0 Å². The van der Waals surface area contributed by atoms with Gasteiger partial charge >= 0.3 is 0 Å². The summed E-state index contributed by atoms with van der Waals surface area (Å²) in [5.41, 5.74) is 1.19. The highest BCUT2D eigenvalue weighted by molar-refractivity contribution is 7.90. The Balaban J connectivity index is 2.58. The van der Waals surface area contributed by atoms with E-state index < -0.39 is 10.0 Å². The van der Waals surface area contributed by atoms with Crippen LogP contribution in [0.15, 0.2) is 75.3 Å². The largest absolute Gasteiger partial charge is 0.364 e. The van der Waals surface area contributed by atoms with Crippen molar-refractivity contribution in [1.29, 1.82) is 0 Å². The lowest BCUT2D eigenvalue weighted by atomic mass is 10.1. The molecule has 0 unspecified atom stereocenters. The minimum absolute atomic E-state index is 0.186. The van der Waals surface area contributed by atoms with E-state index in [9.17, 15) is 8.42 Å². The van der Waals surface area contributed by atoms with Gasteiger partial charge in [0.15, 0.2) is 0 Å². The van der Waals surface area contributed by atoms with Gasteiger partial charge in [0.2, 0.25) is 0 Å². The summed E-state index contributed by atoms with van der Waals surface area (Å²) in [4.78, 5) is 4.05. The summed E-state index contributed by atoms with van der Waals surface area (Å²) in [5.74, 6) is 0.882. The van der Waals surface area contributed by atoms with Crippen molar-refractivity contribution in [3.05, 3.63) is 66.0 Å². The van der Waals surface area contributed by atoms with Crippen molar-refractivity contribution in [2.24, 2.45) is 4.40 Å². The van der Waals surface area contributed by atoms with Crippen LogP contribution in [0.4, 0.5) is 0 Å². The Labute approximate surface area is 138 Å². The van der Waals surface area contributed by atoms with E-state index in [0.717, 1.165) is 11.4 Å². The quantitative estimate of drug-likeness (QED) is 0.849. The van der Waals surface area contributed by atoms with Crippen LogP contribution in [0.5, 0.6) is 0 Å². The minimum Gasteiger partial charge on any atom is -0.364 e. The monoisotopic (exact) mass is 331 g/mol. The summed E-state index contributed by atoms with van der Waals surface area (Å²) >= 11 is 0. The lowest BCUT2D eigenvalue weighted by molar-refractivity contribution is 0.340. The average molecular weight is 331 g/mol. The van der Waals surface area contributed by atoms with Crippen molar-refractivity contribution in [3.63, 3.8) is 0 Å². The molecular formula is C17H21N3O2S. The number of sulfonamides is 1. The normalized spacial score (nSPS) is 15.8. The van der Waals surface area contributed by atoms with Gasteiger partial charge in [-0.1, -0.05) is 30.4 Å². The van der Waals surface area contributed by atoms with Gasteiger partial charge in [-0.25, -0.2) is 0 Å². The second-order valence-corrected chi connectivity index (χ2v) is 7.11. The van der Waals surface area contributed by atoms with E-state index in [1.807, 2.05) is 50.1 Å². The Morgan fingerprint density at radius 3 is 2.04 bits per heavy atom. The molecule has 0 heterocycles. The molecule has 122 valence electrons. The fourth-order valence-electron chi connectivity index (χ4n) is 2.40. The number of benzene rings is 1. The van der Waals surface area contributed by atoms with Crippen LogP contribution in [-0.4, -0.2) is 52.1 Å². The molecule has 0 aromatic heterocycles. The minimum atomic E-state index is -3.75. The molecular weight excluding hydrogens is 310 g/mol. The molecule has 5 nitrogen and oxygen atoms in total. The molecule has 1 aliphatic rings. The summed E-state index contributed by atoms with van der Waals surface area (Å²) in [6, 6.07) is 8.24. The first-order valence-corrected chi connectivity index (χ1v) is 8.61. The standard InChI is InChI=1S/C17H21N3O2S/c1-19(2)17(20(3)4)15-12-8-9-13-16(15)18-23(21,22)14-10-6-5-7-11-14/h5-13H,1-4H3/b18-16-. The molecule has 0 aliphatic heterocycles. The van der Waals surface area contributed by atoms with Gasteiger partial charge in [-0.3, -0.25) is 0 Å². The molecule has 0 atom stereocenters. The van der Waals surface area contributed by atoms with E-state index in [4.69, 9.17) is 0 Å². The van der Waals surface area contributed by atoms with Crippen molar-refractivity contribution in [1.82, 2.24) is 9.80 Å². The number of rotatable bonds is 4. The Morgan fingerprint density at radius 2 is 1.48 bits per heavy atom. The van der Waals surface area contributed by atoms with Crippen molar-refractivity contribution in [3.8, 4) is 0 Å². The molecule has 0 saturated carbocycles. The molecule has 1 aliphatic carbocycles. The fourth-order valence-corrected chi connectivity index (χ4v) is 3.42. The lowest BCUT2D eigenvalue weighted by Crippen LogP contribution is -2.28. The Kier molecular flexibility index (Phi) is 5.05. The van der Waals surface area contributed by atoms with Crippen LogP contribution in [0, 0.1) is 0 Å². The van der Waals surface area contributed by atoms with Crippen molar-refractivity contribution >= 4 is 15.7 Å². The van der Waals surface area contributed by atoms with Crippen LogP contribution >= 0.6 is 0 Å². The van der Waals surface area contributed by atoms with Gasteiger partial charge in [0.05, 0.1) is 10.6 Å². The van der Waals surface area contributed by atoms with E-state index in [1.165, 1.54) is 0 Å². The lowest BCUT2D eigenvalue weighted by Gasteiger charge is -2.27. The van der Waals surface area contributed by atoms with E-state index in [2.05, 4.69) is 4.40 Å². The highest BCUT2D eigenvalue weighted by Crippen LogP contribution is 2.20. The van der Waals surface area contributed by atoms with E-state index >= 15 is 0 Å². The highest BCUT2D eigenvalue weighted by Gasteiger charge is 2.19. The first kappa shape index (κ1) is 17.0. The third-order valence-corrected chi connectivity index (χ3v) is 4.56. The summed E-state index contributed by atoms with van der Waals surface area (Å²) in [5, 5.41) is 0. The summed E-state index contributed by atoms with van der Waals surface area (Å²) in [7, 11) is 3.91. The SMILES string of the molecule is CN(C)C(=C1C=CC=C/C1=N/S(=O)(=O)c1ccccc1)N(C)C. The molecule has 0 N–H and O–H groups in total. The molecule has 0 radical (unpaired) electrons. The molecule has 0 amide bonds. The first-order chi connectivity index (χ1) is 10.8. The number of hydrogen-bond donors (Lipinski definition) is 0. The van der Waals surface area contributed by atoms with Gasteiger partial charge in [0.25, 0.3) is 10.0 Å². The second-order valence-electron chi connectivity index (χ2n) is 5.51. The maximum absolute atomic E-state index is 12.5. The summed E-state index contributed by atoms with van der Waals surface area (Å²) < 4.78 is 29.1. The predicted molar refractivity (Wildman–Crippen MR) is 93.7 cm³/mol. The second kappa shape index (κ2) is 6.83. The molecule has 23 heavy (non-hydrogen) atoms. The van der Waals surface area contributed by atoms with Gasteiger partial charge in [-0.15, -0.1) is 0 Å². The van der Waals surface area contributed by atoms with Crippen molar-refractivity contribution in [2.45, 2.75) is 4.90 Å². The number of hydrogen-bond acceptors (Lipinski definition) is 4. The molecule has 2 rings (SSSR count). The topological polar surface area (TPSA) is 53.0 Å². The Morgan fingerprint density at radius 1 is 0.913 bits per heavy atom. The van der Waals surface area contributed by atoms with E-state index in [1.54, 1.807) is 42.5 Å². The average Bonchev–Trinajstić information content (AvgIpc) is 2.49. The van der Waals surface area contributed by atoms with Crippen LogP contribution in [0.25, 0.3) is 0 Å². The van der Waals surface area contributed by atoms with Crippen LogP contribution < -0.4 is 0 Å². The molecule has 0 spiro atoms. The molecule has 1 aromatic rings. The third kappa shape index (κ3) is 3.90. The fraction of sp³-hybridized carbons (Fsp3) is 0.235. The summed E-state index contributed by atoms with van der Waals surface area (Å²) in [6.45, 7) is 0. The Bertz CT molecular complexity index is 776. The maximum Gasteiger partial charge on any atom is 0.282 e. The predicted octanol–water partition coefficient (Wildman–Crippen LogP) is 2.28. The maximum atomic E-state index is 12.5. The van der Waals surface area contributed by atoms with Crippen LogP contribution in [0.3, 0.4) is 0 Å². The van der Waals surface area contributed by atoms with Crippen molar-refractivity contribution < 1.29 is 8.42 Å². The van der Waals surface area contributed by atoms with Gasteiger partial charge in [-0.05, 0) is 24.3 Å². The van der Waals surface area contributed by atoms with Gasteiger partial charge < -0.3 is 9.80 Å². The highest BCUT2D eigenvalue weighted by atomic mass is 32.2. The van der Waals surface area contributed by atoms with E-state index in [-0.39, 0.29) is 4.90 Å². The Hall–Kier alpha value is -2.34. The zero-order valence-corrected chi connectivity index (χ0v) is 14.6.